The highest BCUT2D eigenvalue weighted by Crippen LogP contribution is 2.49. The first-order chi connectivity index (χ1) is 17.0. The number of aliphatic hydroxyl groups is 2. The fourth-order valence-corrected chi connectivity index (χ4v) is 7.77. The van der Waals surface area contributed by atoms with E-state index in [1.54, 1.807) is 0 Å². The van der Waals surface area contributed by atoms with Crippen LogP contribution in [0.1, 0.15) is 88.7 Å². The highest BCUT2D eigenvalue weighted by Gasteiger charge is 2.45. The van der Waals surface area contributed by atoms with Crippen LogP contribution in [0.2, 0.25) is 0 Å². The standard InChI is InChI=1S/C30H44O5/c1-2-3-4-7-23(31)11-12-24-25-15-20-6-5-8-28(26(20)16-22(25)17-27(24)32)34-18-30(33)35-29-14-19-9-10-21(29)13-19/h5-6,8,19,21-25,27,29,31-32H,2-4,7,9-18H2,1H3/t19-,21+,22-,23-,24+,25-,27+,29-/m0/s1. The van der Waals surface area contributed by atoms with Crippen LogP contribution >= 0.6 is 0 Å². The lowest BCUT2D eigenvalue weighted by Crippen LogP contribution is -2.29. The van der Waals surface area contributed by atoms with E-state index >= 15 is 0 Å². The summed E-state index contributed by atoms with van der Waals surface area (Å²) in [5, 5.41) is 21.3. The summed E-state index contributed by atoms with van der Waals surface area (Å²) in [5.74, 6) is 3.02. The number of hydrogen-bond donors (Lipinski definition) is 2. The van der Waals surface area contributed by atoms with Crippen molar-refractivity contribution in [3.05, 3.63) is 29.3 Å². The molecule has 0 heterocycles. The Morgan fingerprint density at radius 2 is 1.97 bits per heavy atom. The van der Waals surface area contributed by atoms with Gasteiger partial charge in [-0.2, -0.15) is 0 Å². The van der Waals surface area contributed by atoms with E-state index in [0.717, 1.165) is 63.0 Å². The summed E-state index contributed by atoms with van der Waals surface area (Å²) >= 11 is 0. The van der Waals surface area contributed by atoms with Crippen LogP contribution in [0.4, 0.5) is 0 Å². The Morgan fingerprint density at radius 1 is 1.09 bits per heavy atom. The monoisotopic (exact) mass is 484 g/mol. The molecular weight excluding hydrogens is 440 g/mol. The molecule has 4 aliphatic carbocycles. The molecule has 5 nitrogen and oxygen atoms in total. The Kier molecular flexibility index (Phi) is 8.03. The number of ether oxygens (including phenoxy) is 2. The van der Waals surface area contributed by atoms with E-state index in [4.69, 9.17) is 9.47 Å². The third-order valence-electron chi connectivity index (χ3n) is 9.62. The van der Waals surface area contributed by atoms with Crippen LogP contribution in [0.3, 0.4) is 0 Å². The molecule has 0 unspecified atom stereocenters. The van der Waals surface area contributed by atoms with Gasteiger partial charge in [-0.3, -0.25) is 0 Å². The van der Waals surface area contributed by atoms with Gasteiger partial charge in [-0.05, 0) is 111 Å². The van der Waals surface area contributed by atoms with Gasteiger partial charge in [0.1, 0.15) is 11.9 Å². The van der Waals surface area contributed by atoms with E-state index in [2.05, 4.69) is 13.0 Å². The minimum atomic E-state index is -0.289. The zero-order chi connectivity index (χ0) is 24.4. The molecule has 0 amide bonds. The molecule has 0 aromatic heterocycles. The van der Waals surface area contributed by atoms with Crippen LogP contribution in [0.5, 0.6) is 5.75 Å². The molecular formula is C30H44O5. The molecule has 2 bridgehead atoms. The first kappa shape index (κ1) is 25.1. The summed E-state index contributed by atoms with van der Waals surface area (Å²) in [6, 6.07) is 6.17. The Morgan fingerprint density at radius 3 is 2.74 bits per heavy atom. The lowest BCUT2D eigenvalue weighted by atomic mass is 9.73. The summed E-state index contributed by atoms with van der Waals surface area (Å²) in [6.07, 6.45) is 12.9. The zero-order valence-electron chi connectivity index (χ0n) is 21.4. The molecule has 3 saturated carbocycles. The van der Waals surface area contributed by atoms with Gasteiger partial charge in [0, 0.05) is 0 Å². The van der Waals surface area contributed by atoms with Crippen molar-refractivity contribution in [1.29, 1.82) is 0 Å². The quantitative estimate of drug-likeness (QED) is 0.332. The molecule has 1 aromatic rings. The number of benzene rings is 1. The van der Waals surface area contributed by atoms with Gasteiger partial charge in [-0.15, -0.1) is 0 Å². The molecule has 8 atom stereocenters. The number of hydrogen-bond acceptors (Lipinski definition) is 5. The number of rotatable bonds is 11. The SMILES string of the molecule is CCCCC[C@H](O)CC[C@@H]1[C@H]2Cc3cccc(OCC(=O)O[C@H]4C[C@H]5CC[C@@H]4C5)c3C[C@H]2C[C@H]1O. The summed E-state index contributed by atoms with van der Waals surface area (Å²) < 4.78 is 11.8. The van der Waals surface area contributed by atoms with Crippen molar-refractivity contribution in [2.75, 3.05) is 6.61 Å². The van der Waals surface area contributed by atoms with Gasteiger partial charge < -0.3 is 19.7 Å². The molecule has 0 saturated heterocycles. The largest absolute Gasteiger partial charge is 0.482 e. The third kappa shape index (κ3) is 5.72. The maximum Gasteiger partial charge on any atom is 0.344 e. The highest BCUT2D eigenvalue weighted by molar-refractivity contribution is 5.71. The maximum atomic E-state index is 12.5. The lowest BCUT2D eigenvalue weighted by Gasteiger charge is -2.32. The van der Waals surface area contributed by atoms with Crippen molar-refractivity contribution < 1.29 is 24.5 Å². The van der Waals surface area contributed by atoms with Gasteiger partial charge in [-0.25, -0.2) is 4.79 Å². The first-order valence-corrected chi connectivity index (χ1v) is 14.3. The van der Waals surface area contributed by atoms with Gasteiger partial charge in [0.05, 0.1) is 12.2 Å². The number of esters is 1. The van der Waals surface area contributed by atoms with Crippen LogP contribution < -0.4 is 4.74 Å². The van der Waals surface area contributed by atoms with Gasteiger partial charge in [0.15, 0.2) is 6.61 Å². The van der Waals surface area contributed by atoms with Gasteiger partial charge in [0.2, 0.25) is 0 Å². The molecule has 194 valence electrons. The van der Waals surface area contributed by atoms with Crippen molar-refractivity contribution >= 4 is 5.97 Å². The molecule has 5 rings (SSSR count). The predicted octanol–water partition coefficient (Wildman–Crippen LogP) is 5.23. The van der Waals surface area contributed by atoms with Gasteiger partial charge in [-0.1, -0.05) is 38.3 Å². The van der Waals surface area contributed by atoms with Crippen LogP contribution in [0.15, 0.2) is 18.2 Å². The smallest absolute Gasteiger partial charge is 0.344 e. The van der Waals surface area contributed by atoms with E-state index in [0.29, 0.717) is 17.8 Å². The van der Waals surface area contributed by atoms with Crippen molar-refractivity contribution in [2.45, 2.75) is 109 Å². The topological polar surface area (TPSA) is 76.0 Å². The summed E-state index contributed by atoms with van der Waals surface area (Å²) in [6.45, 7) is 2.16. The third-order valence-corrected chi connectivity index (χ3v) is 9.62. The molecule has 4 aliphatic rings. The van der Waals surface area contributed by atoms with Crippen LogP contribution in [0.25, 0.3) is 0 Å². The highest BCUT2D eigenvalue weighted by atomic mass is 16.6. The molecule has 0 radical (unpaired) electrons. The lowest BCUT2D eigenvalue weighted by molar-refractivity contribution is -0.153. The number of aliphatic hydroxyl groups excluding tert-OH is 2. The molecule has 3 fully saturated rings. The van der Waals surface area contributed by atoms with Crippen LogP contribution in [-0.4, -0.2) is 41.1 Å². The van der Waals surface area contributed by atoms with Crippen molar-refractivity contribution in [3.63, 3.8) is 0 Å². The summed E-state index contributed by atoms with van der Waals surface area (Å²) in [4.78, 5) is 12.5. The van der Waals surface area contributed by atoms with E-state index in [9.17, 15) is 15.0 Å². The second-order valence-electron chi connectivity index (χ2n) is 11.9. The number of unbranched alkanes of at least 4 members (excludes halogenated alkanes) is 2. The minimum absolute atomic E-state index is 0.0282. The Labute approximate surface area is 210 Å². The number of carbonyl (C=O) groups is 1. The molecule has 0 spiro atoms. The summed E-state index contributed by atoms with van der Waals surface area (Å²) in [7, 11) is 0. The van der Waals surface area contributed by atoms with Gasteiger partial charge in [0.25, 0.3) is 0 Å². The zero-order valence-corrected chi connectivity index (χ0v) is 21.4. The number of carbonyl (C=O) groups excluding carboxylic acids is 1. The van der Waals surface area contributed by atoms with Crippen molar-refractivity contribution in [1.82, 2.24) is 0 Å². The molecule has 0 aliphatic heterocycles. The Balaban J connectivity index is 1.15. The minimum Gasteiger partial charge on any atom is -0.482 e. The molecule has 5 heteroatoms. The number of fused-ring (bicyclic) bond motifs is 4. The molecule has 35 heavy (non-hydrogen) atoms. The fraction of sp³-hybridized carbons (Fsp3) is 0.767. The van der Waals surface area contributed by atoms with E-state index in [1.165, 1.54) is 43.2 Å². The van der Waals surface area contributed by atoms with Crippen molar-refractivity contribution in [3.8, 4) is 5.75 Å². The second-order valence-corrected chi connectivity index (χ2v) is 11.9. The summed E-state index contributed by atoms with van der Waals surface area (Å²) in [5.41, 5.74) is 2.49. The van der Waals surface area contributed by atoms with Gasteiger partial charge >= 0.3 is 5.97 Å². The Hall–Kier alpha value is -1.59. The van der Waals surface area contributed by atoms with Crippen LogP contribution in [0, 0.1) is 29.6 Å². The first-order valence-electron chi connectivity index (χ1n) is 14.3. The van der Waals surface area contributed by atoms with E-state index in [-0.39, 0.29) is 36.8 Å². The molecule has 2 N–H and O–H groups in total. The van der Waals surface area contributed by atoms with E-state index in [1.807, 2.05) is 12.1 Å². The van der Waals surface area contributed by atoms with Crippen LogP contribution in [-0.2, 0) is 22.4 Å². The Bertz CT molecular complexity index is 868. The van der Waals surface area contributed by atoms with E-state index < -0.39 is 0 Å². The van der Waals surface area contributed by atoms with Crippen molar-refractivity contribution in [2.24, 2.45) is 29.6 Å². The predicted molar refractivity (Wildman–Crippen MR) is 135 cm³/mol. The second kappa shape index (κ2) is 11.2. The average Bonchev–Trinajstić information content (AvgIpc) is 3.54. The average molecular weight is 485 g/mol. The normalized spacial score (nSPS) is 33.9. The molecule has 1 aromatic carbocycles. The maximum absolute atomic E-state index is 12.5. The fourth-order valence-electron chi connectivity index (χ4n) is 7.77.